The van der Waals surface area contributed by atoms with Gasteiger partial charge in [-0.25, -0.2) is 4.79 Å². The lowest BCUT2D eigenvalue weighted by Crippen LogP contribution is -2.62. The number of epoxide rings is 1. The number of allylic oxidation sites excluding steroid dienone is 2. The van der Waals surface area contributed by atoms with E-state index < -0.39 is 17.0 Å². The summed E-state index contributed by atoms with van der Waals surface area (Å²) in [6, 6.07) is 0. The van der Waals surface area contributed by atoms with Gasteiger partial charge in [-0.15, -0.1) is 0 Å². The second kappa shape index (κ2) is 6.15. The number of rotatable bonds is 0. The van der Waals surface area contributed by atoms with E-state index in [4.69, 9.17) is 18.9 Å². The first-order valence-corrected chi connectivity index (χ1v) is 11.3. The fourth-order valence-corrected chi connectivity index (χ4v) is 7.98. The highest BCUT2D eigenvalue weighted by Crippen LogP contribution is 2.76. The Bertz CT molecular complexity index is 952. The Hall–Kier alpha value is -1.83. The lowest BCUT2D eigenvalue weighted by Gasteiger charge is -2.56. The average molecular weight is 428 g/mol. The van der Waals surface area contributed by atoms with Gasteiger partial charge in [0.25, 0.3) is 0 Å². The predicted octanol–water partition coefficient (Wildman–Crippen LogP) is 2.28. The Morgan fingerprint density at radius 1 is 1.06 bits per heavy atom. The van der Waals surface area contributed by atoms with Gasteiger partial charge in [0.2, 0.25) is 5.78 Å². The van der Waals surface area contributed by atoms with Crippen LogP contribution in [0.1, 0.15) is 46.0 Å². The average Bonchev–Trinajstić information content (AvgIpc) is 3.36. The van der Waals surface area contributed by atoms with E-state index in [2.05, 4.69) is 19.9 Å². The number of ketones is 2. The zero-order valence-electron chi connectivity index (χ0n) is 18.0. The van der Waals surface area contributed by atoms with Gasteiger partial charge in [0.15, 0.2) is 12.4 Å². The molecule has 2 heterocycles. The van der Waals surface area contributed by atoms with E-state index in [0.29, 0.717) is 12.8 Å². The Balaban J connectivity index is 1.38. The summed E-state index contributed by atoms with van der Waals surface area (Å²) in [6.07, 6.45) is 9.51. The number of carbonyl (C=O) groups is 3. The maximum Gasteiger partial charge on any atom is 0.332 e. The Morgan fingerprint density at radius 3 is 2.74 bits per heavy atom. The Kier molecular flexibility index (Phi) is 3.93. The molecule has 0 aromatic heterocycles. The van der Waals surface area contributed by atoms with Crippen molar-refractivity contribution in [2.45, 2.75) is 63.3 Å². The van der Waals surface area contributed by atoms with E-state index >= 15 is 0 Å². The highest BCUT2D eigenvalue weighted by Gasteiger charge is 2.81. The van der Waals surface area contributed by atoms with E-state index in [9.17, 15) is 14.4 Å². The molecule has 7 heteroatoms. The molecule has 0 amide bonds. The van der Waals surface area contributed by atoms with Crippen LogP contribution in [0.2, 0.25) is 0 Å². The van der Waals surface area contributed by atoms with Gasteiger partial charge in [0, 0.05) is 10.8 Å². The minimum absolute atomic E-state index is 0.00720. The molecule has 5 fully saturated rings. The van der Waals surface area contributed by atoms with Crippen LogP contribution in [-0.4, -0.2) is 54.8 Å². The van der Waals surface area contributed by atoms with E-state index in [1.807, 2.05) is 0 Å². The second-order valence-electron chi connectivity index (χ2n) is 10.4. The van der Waals surface area contributed by atoms with Crippen molar-refractivity contribution in [3.05, 3.63) is 23.8 Å². The van der Waals surface area contributed by atoms with Gasteiger partial charge in [0.1, 0.15) is 24.6 Å². The van der Waals surface area contributed by atoms with E-state index in [1.54, 1.807) is 12.2 Å². The largest absolute Gasteiger partial charge is 0.456 e. The summed E-state index contributed by atoms with van der Waals surface area (Å²) < 4.78 is 23.3. The minimum atomic E-state index is -1.03. The van der Waals surface area contributed by atoms with Crippen LogP contribution in [-0.2, 0) is 33.3 Å². The van der Waals surface area contributed by atoms with Crippen LogP contribution < -0.4 is 0 Å². The van der Waals surface area contributed by atoms with Crippen LogP contribution >= 0.6 is 0 Å². The molecule has 0 aromatic carbocycles. The van der Waals surface area contributed by atoms with Gasteiger partial charge in [-0.1, -0.05) is 18.6 Å². The normalized spacial score (nSPS) is 50.8. The van der Waals surface area contributed by atoms with Gasteiger partial charge >= 0.3 is 5.97 Å². The maximum atomic E-state index is 13.4. The first-order valence-electron chi connectivity index (χ1n) is 11.3. The molecule has 31 heavy (non-hydrogen) atoms. The number of carbonyl (C=O) groups excluding carboxylic acids is 3. The van der Waals surface area contributed by atoms with Crippen molar-refractivity contribution in [2.75, 3.05) is 20.0 Å². The molecular formula is C24H28O7. The fourth-order valence-electron chi connectivity index (χ4n) is 7.98. The summed E-state index contributed by atoms with van der Waals surface area (Å²) in [7, 11) is 0. The first kappa shape index (κ1) is 19.8. The van der Waals surface area contributed by atoms with Gasteiger partial charge in [-0.3, -0.25) is 9.59 Å². The molecular weight excluding hydrogens is 400 g/mol. The summed E-state index contributed by atoms with van der Waals surface area (Å²) in [5.41, 5.74) is -0.881. The number of fused-ring (bicyclic) bond motifs is 4. The molecule has 6 rings (SSSR count). The molecule has 0 unspecified atom stereocenters. The Labute approximate surface area is 181 Å². The van der Waals surface area contributed by atoms with E-state index in [0.717, 1.165) is 19.3 Å². The van der Waals surface area contributed by atoms with E-state index in [-0.39, 0.29) is 60.5 Å². The van der Waals surface area contributed by atoms with Crippen molar-refractivity contribution in [1.82, 2.24) is 0 Å². The van der Waals surface area contributed by atoms with Crippen LogP contribution in [0.25, 0.3) is 0 Å². The van der Waals surface area contributed by atoms with Gasteiger partial charge in [-0.2, -0.15) is 0 Å². The molecule has 166 valence electrons. The molecule has 2 aliphatic heterocycles. The summed E-state index contributed by atoms with van der Waals surface area (Å²) >= 11 is 0. The minimum Gasteiger partial charge on any atom is -0.456 e. The molecule has 0 bridgehead atoms. The van der Waals surface area contributed by atoms with Crippen molar-refractivity contribution < 1.29 is 33.3 Å². The maximum absolute atomic E-state index is 13.4. The molecule has 3 saturated carbocycles. The Morgan fingerprint density at radius 2 is 1.90 bits per heavy atom. The van der Waals surface area contributed by atoms with Crippen LogP contribution in [0.3, 0.4) is 0 Å². The summed E-state index contributed by atoms with van der Waals surface area (Å²) in [5.74, 6) is -0.131. The fraction of sp³-hybridized carbons (Fsp3) is 0.708. The molecule has 0 N–H and O–H groups in total. The van der Waals surface area contributed by atoms with Gasteiger partial charge < -0.3 is 18.9 Å². The number of esters is 1. The van der Waals surface area contributed by atoms with Crippen LogP contribution in [0, 0.1) is 22.7 Å². The SMILES string of the molecule is C[C@]12C=CC(=O)C=C1CC[C@H]1[C@@H]3CC[C@@]4(OCOCC(=O)OCC4=O)[C@@]3(C)C[C@@H]3O[C@@]312. The summed E-state index contributed by atoms with van der Waals surface area (Å²) in [5, 5.41) is 0. The molecule has 7 atom stereocenters. The van der Waals surface area contributed by atoms with Gasteiger partial charge in [0.05, 0.1) is 6.10 Å². The molecule has 6 aliphatic rings. The van der Waals surface area contributed by atoms with E-state index in [1.165, 1.54) is 5.57 Å². The summed E-state index contributed by atoms with van der Waals surface area (Å²) in [6.45, 7) is 3.78. The van der Waals surface area contributed by atoms with Crippen molar-refractivity contribution in [3.63, 3.8) is 0 Å². The van der Waals surface area contributed by atoms with Crippen molar-refractivity contribution >= 4 is 17.5 Å². The topological polar surface area (TPSA) is 91.4 Å². The number of hydrogen-bond acceptors (Lipinski definition) is 7. The highest BCUT2D eigenvalue weighted by atomic mass is 16.7. The standard InChI is InChI=1S/C24H28O7/c1-21-7-5-15(25)9-14(21)3-4-17-16-6-8-23(22(16,2)10-19-24(17,21)31-19)18(26)11-29-20(27)12-28-13-30-23/h5,7,9,16-17,19H,3-4,6,8,10-13H2,1-2H3/t16-,17-,19-,21-,22-,23-,24+/m0/s1. The molecule has 7 nitrogen and oxygen atoms in total. The third-order valence-corrected chi connectivity index (χ3v) is 9.48. The zero-order chi connectivity index (χ0) is 21.6. The molecule has 0 aromatic rings. The number of ether oxygens (including phenoxy) is 4. The molecule has 0 radical (unpaired) electrons. The quantitative estimate of drug-likeness (QED) is 0.432. The second-order valence-corrected chi connectivity index (χ2v) is 10.4. The third kappa shape index (κ3) is 2.27. The first-order chi connectivity index (χ1) is 14.8. The number of hydrogen-bond donors (Lipinski definition) is 0. The van der Waals surface area contributed by atoms with Crippen molar-refractivity contribution in [1.29, 1.82) is 0 Å². The predicted molar refractivity (Wildman–Crippen MR) is 107 cm³/mol. The summed E-state index contributed by atoms with van der Waals surface area (Å²) in [4.78, 5) is 37.1. The number of cyclic esters (lactones) is 1. The van der Waals surface area contributed by atoms with Gasteiger partial charge in [-0.05, 0) is 63.0 Å². The number of Topliss-reactive ketones (excluding diaryl/α,β-unsaturated/α-hetero) is 1. The highest BCUT2D eigenvalue weighted by molar-refractivity contribution is 6.01. The van der Waals surface area contributed by atoms with Crippen molar-refractivity contribution in [3.8, 4) is 0 Å². The molecule has 2 spiro atoms. The third-order valence-electron chi connectivity index (χ3n) is 9.48. The lowest BCUT2D eigenvalue weighted by atomic mass is 9.47. The molecule has 2 saturated heterocycles. The molecule has 4 aliphatic carbocycles. The van der Waals surface area contributed by atoms with Crippen LogP contribution in [0.15, 0.2) is 23.8 Å². The van der Waals surface area contributed by atoms with Crippen LogP contribution in [0.5, 0.6) is 0 Å². The van der Waals surface area contributed by atoms with Crippen LogP contribution in [0.4, 0.5) is 0 Å². The monoisotopic (exact) mass is 428 g/mol. The smallest absolute Gasteiger partial charge is 0.332 e. The zero-order valence-corrected chi connectivity index (χ0v) is 18.0. The van der Waals surface area contributed by atoms with Crippen molar-refractivity contribution in [2.24, 2.45) is 22.7 Å². The lowest BCUT2D eigenvalue weighted by molar-refractivity contribution is -0.198.